The first-order valence-corrected chi connectivity index (χ1v) is 5.36. The van der Waals surface area contributed by atoms with Crippen molar-refractivity contribution in [3.05, 3.63) is 29.3 Å². The molecule has 1 saturated heterocycles. The highest BCUT2D eigenvalue weighted by Gasteiger charge is 2.36. The van der Waals surface area contributed by atoms with Crippen LogP contribution >= 0.6 is 0 Å². The van der Waals surface area contributed by atoms with E-state index in [0.717, 1.165) is 13.0 Å². The zero-order valence-electron chi connectivity index (χ0n) is 8.53. The summed E-state index contributed by atoms with van der Waals surface area (Å²) in [6, 6.07) is 7.84. The van der Waals surface area contributed by atoms with E-state index >= 15 is 0 Å². The number of rotatable bonds is 0. The molecule has 74 valence electrons. The van der Waals surface area contributed by atoms with Crippen LogP contribution in [-0.2, 0) is 6.42 Å². The average molecular weight is 188 g/mol. The Morgan fingerprint density at radius 3 is 3.14 bits per heavy atom. The molecule has 2 N–H and O–H groups in total. The van der Waals surface area contributed by atoms with Gasteiger partial charge in [-0.1, -0.05) is 17.7 Å². The lowest BCUT2D eigenvalue weighted by Crippen LogP contribution is -2.27. The van der Waals surface area contributed by atoms with Crippen LogP contribution in [0.25, 0.3) is 0 Å². The predicted molar refractivity (Wildman–Crippen MR) is 58.6 cm³/mol. The van der Waals surface area contributed by atoms with Crippen molar-refractivity contribution in [1.29, 1.82) is 0 Å². The molecule has 0 spiro atoms. The maximum Gasteiger partial charge on any atom is 0.0402 e. The quantitative estimate of drug-likeness (QED) is 0.668. The van der Waals surface area contributed by atoms with Gasteiger partial charge in [0.2, 0.25) is 0 Å². The summed E-state index contributed by atoms with van der Waals surface area (Å²) in [5.74, 6) is 0. The SMILES string of the molecule is Cc1ccc2c(c1)CC1CC(N)CN21. The van der Waals surface area contributed by atoms with Gasteiger partial charge < -0.3 is 10.6 Å². The van der Waals surface area contributed by atoms with Crippen LogP contribution in [0.15, 0.2) is 18.2 Å². The molecule has 14 heavy (non-hydrogen) atoms. The molecular weight excluding hydrogens is 172 g/mol. The van der Waals surface area contributed by atoms with E-state index in [1.54, 1.807) is 0 Å². The first-order chi connectivity index (χ1) is 6.74. The Bertz CT molecular complexity index is 373. The van der Waals surface area contributed by atoms with Gasteiger partial charge in [0, 0.05) is 24.3 Å². The minimum atomic E-state index is 0.384. The van der Waals surface area contributed by atoms with Gasteiger partial charge in [-0.3, -0.25) is 0 Å². The summed E-state index contributed by atoms with van der Waals surface area (Å²) in [5.41, 5.74) is 10.3. The van der Waals surface area contributed by atoms with E-state index in [0.29, 0.717) is 12.1 Å². The van der Waals surface area contributed by atoms with Crippen LogP contribution in [0.2, 0.25) is 0 Å². The lowest BCUT2D eigenvalue weighted by molar-refractivity contribution is 0.661. The molecule has 1 aromatic carbocycles. The van der Waals surface area contributed by atoms with Crippen molar-refractivity contribution in [3.63, 3.8) is 0 Å². The van der Waals surface area contributed by atoms with Crippen molar-refractivity contribution in [3.8, 4) is 0 Å². The second-order valence-corrected chi connectivity index (χ2v) is 4.64. The maximum absolute atomic E-state index is 5.97. The molecule has 0 radical (unpaired) electrons. The summed E-state index contributed by atoms with van der Waals surface area (Å²) >= 11 is 0. The fraction of sp³-hybridized carbons (Fsp3) is 0.500. The second-order valence-electron chi connectivity index (χ2n) is 4.64. The smallest absolute Gasteiger partial charge is 0.0402 e. The molecule has 0 aliphatic carbocycles. The Hall–Kier alpha value is -1.02. The summed E-state index contributed by atoms with van der Waals surface area (Å²) in [7, 11) is 0. The molecule has 2 heterocycles. The highest BCUT2D eigenvalue weighted by Crippen LogP contribution is 2.37. The Morgan fingerprint density at radius 1 is 1.43 bits per heavy atom. The molecule has 2 aliphatic heterocycles. The Kier molecular flexibility index (Phi) is 1.62. The third-order valence-corrected chi connectivity index (χ3v) is 3.45. The van der Waals surface area contributed by atoms with E-state index in [1.807, 2.05) is 0 Å². The van der Waals surface area contributed by atoms with Gasteiger partial charge in [-0.25, -0.2) is 0 Å². The number of hydrogen-bond donors (Lipinski definition) is 1. The number of benzene rings is 1. The summed E-state index contributed by atoms with van der Waals surface area (Å²) in [5, 5.41) is 0. The first-order valence-electron chi connectivity index (χ1n) is 5.36. The number of nitrogens with two attached hydrogens (primary N) is 1. The van der Waals surface area contributed by atoms with Crippen LogP contribution in [0.1, 0.15) is 17.5 Å². The summed E-state index contributed by atoms with van der Waals surface area (Å²) < 4.78 is 0. The van der Waals surface area contributed by atoms with Gasteiger partial charge in [-0.15, -0.1) is 0 Å². The van der Waals surface area contributed by atoms with Gasteiger partial charge in [0.05, 0.1) is 0 Å². The van der Waals surface area contributed by atoms with E-state index < -0.39 is 0 Å². The third-order valence-electron chi connectivity index (χ3n) is 3.45. The van der Waals surface area contributed by atoms with Crippen molar-refractivity contribution in [2.24, 2.45) is 5.73 Å². The zero-order chi connectivity index (χ0) is 9.71. The number of anilines is 1. The topological polar surface area (TPSA) is 29.3 Å². The zero-order valence-corrected chi connectivity index (χ0v) is 8.53. The average Bonchev–Trinajstić information content (AvgIpc) is 2.59. The van der Waals surface area contributed by atoms with Gasteiger partial charge in [0.25, 0.3) is 0 Å². The molecule has 0 saturated carbocycles. The van der Waals surface area contributed by atoms with Crippen LogP contribution in [0.3, 0.4) is 0 Å². The van der Waals surface area contributed by atoms with Crippen LogP contribution in [0.5, 0.6) is 0 Å². The Labute approximate surface area is 84.7 Å². The van der Waals surface area contributed by atoms with Crippen molar-refractivity contribution >= 4 is 5.69 Å². The van der Waals surface area contributed by atoms with Crippen LogP contribution < -0.4 is 10.6 Å². The molecule has 2 heteroatoms. The molecule has 1 fully saturated rings. The molecule has 1 aromatic rings. The Balaban J connectivity index is 2.01. The summed E-state index contributed by atoms with van der Waals surface area (Å²) in [6.07, 6.45) is 2.36. The standard InChI is InChI=1S/C12H16N2/c1-8-2-3-12-9(4-8)5-11-6-10(13)7-14(11)12/h2-4,10-11H,5-7,13H2,1H3. The van der Waals surface area contributed by atoms with Crippen molar-refractivity contribution < 1.29 is 0 Å². The highest BCUT2D eigenvalue weighted by atomic mass is 15.2. The maximum atomic E-state index is 5.97. The molecule has 0 bridgehead atoms. The van der Waals surface area contributed by atoms with E-state index in [1.165, 1.54) is 23.2 Å². The lowest BCUT2D eigenvalue weighted by Gasteiger charge is -2.18. The minimum absolute atomic E-state index is 0.384. The fourth-order valence-electron chi connectivity index (χ4n) is 2.85. The second kappa shape index (κ2) is 2.74. The van der Waals surface area contributed by atoms with E-state index in [4.69, 9.17) is 5.73 Å². The largest absolute Gasteiger partial charge is 0.366 e. The minimum Gasteiger partial charge on any atom is -0.366 e. The molecule has 3 rings (SSSR count). The predicted octanol–water partition coefficient (Wildman–Crippen LogP) is 1.46. The number of hydrogen-bond acceptors (Lipinski definition) is 2. The summed E-state index contributed by atoms with van der Waals surface area (Å²) in [4.78, 5) is 2.49. The van der Waals surface area contributed by atoms with Gasteiger partial charge in [0.1, 0.15) is 0 Å². The fourth-order valence-corrected chi connectivity index (χ4v) is 2.85. The van der Waals surface area contributed by atoms with Gasteiger partial charge in [-0.05, 0) is 31.4 Å². The highest BCUT2D eigenvalue weighted by molar-refractivity contribution is 5.61. The first kappa shape index (κ1) is 8.30. The van der Waals surface area contributed by atoms with Crippen LogP contribution in [0.4, 0.5) is 5.69 Å². The number of nitrogens with zero attached hydrogens (tertiary/aromatic N) is 1. The molecule has 2 atom stereocenters. The van der Waals surface area contributed by atoms with E-state index in [2.05, 4.69) is 30.0 Å². The molecule has 2 nitrogen and oxygen atoms in total. The van der Waals surface area contributed by atoms with Crippen LogP contribution in [-0.4, -0.2) is 18.6 Å². The van der Waals surface area contributed by atoms with Crippen molar-refractivity contribution in [2.75, 3.05) is 11.4 Å². The monoisotopic (exact) mass is 188 g/mol. The lowest BCUT2D eigenvalue weighted by atomic mass is 10.0. The van der Waals surface area contributed by atoms with E-state index in [9.17, 15) is 0 Å². The molecular formula is C12H16N2. The van der Waals surface area contributed by atoms with Crippen LogP contribution in [0, 0.1) is 6.92 Å². The third kappa shape index (κ3) is 1.07. The normalized spacial score (nSPS) is 29.1. The van der Waals surface area contributed by atoms with E-state index in [-0.39, 0.29) is 0 Å². The number of aryl methyl sites for hydroxylation is 1. The van der Waals surface area contributed by atoms with Crippen molar-refractivity contribution in [2.45, 2.75) is 31.8 Å². The summed E-state index contributed by atoms with van der Waals surface area (Å²) in [6.45, 7) is 3.20. The molecule has 0 amide bonds. The van der Waals surface area contributed by atoms with Gasteiger partial charge in [-0.2, -0.15) is 0 Å². The number of fused-ring (bicyclic) bond motifs is 3. The Morgan fingerprint density at radius 2 is 2.29 bits per heavy atom. The molecule has 2 unspecified atom stereocenters. The van der Waals surface area contributed by atoms with Gasteiger partial charge in [0.15, 0.2) is 0 Å². The molecule has 2 aliphatic rings. The van der Waals surface area contributed by atoms with Gasteiger partial charge >= 0.3 is 0 Å². The van der Waals surface area contributed by atoms with Crippen molar-refractivity contribution in [1.82, 2.24) is 0 Å². The molecule has 0 aromatic heterocycles.